The zero-order valence-electron chi connectivity index (χ0n) is 11.4. The number of hydrogen-bond acceptors (Lipinski definition) is 3. The number of anilines is 1. The van der Waals surface area contributed by atoms with Crippen molar-refractivity contribution in [1.29, 1.82) is 0 Å². The smallest absolute Gasteiger partial charge is 0.233 e. The van der Waals surface area contributed by atoms with Gasteiger partial charge in [0.1, 0.15) is 5.82 Å². The Morgan fingerprint density at radius 1 is 1.42 bits per heavy atom. The van der Waals surface area contributed by atoms with Crippen LogP contribution in [-0.2, 0) is 4.79 Å². The number of amides is 1. The van der Waals surface area contributed by atoms with E-state index in [0.717, 1.165) is 23.2 Å². The number of aromatic nitrogens is 1. The van der Waals surface area contributed by atoms with Gasteiger partial charge in [0, 0.05) is 5.69 Å². The molecule has 0 aliphatic heterocycles. The van der Waals surface area contributed by atoms with Crippen LogP contribution in [0.2, 0.25) is 0 Å². The molecule has 1 unspecified atom stereocenters. The number of nitrogens with zero attached hydrogens (tertiary/aromatic N) is 1. The Bertz CT molecular complexity index is 543. The topological polar surface area (TPSA) is 42.0 Å². The van der Waals surface area contributed by atoms with Crippen molar-refractivity contribution in [2.45, 2.75) is 33.1 Å². The number of carbonyl (C=O) groups excluding carboxylic acids is 1. The van der Waals surface area contributed by atoms with E-state index in [1.807, 2.05) is 49.7 Å². The van der Waals surface area contributed by atoms with Crippen LogP contribution in [-0.4, -0.2) is 10.9 Å². The Balaban J connectivity index is 2.15. The highest BCUT2D eigenvalue weighted by Gasteiger charge is 2.19. The van der Waals surface area contributed by atoms with Crippen LogP contribution in [0, 0.1) is 13.8 Å². The van der Waals surface area contributed by atoms with Gasteiger partial charge in [-0.05, 0) is 60.4 Å². The van der Waals surface area contributed by atoms with E-state index >= 15 is 0 Å². The molecule has 0 aliphatic carbocycles. The first-order valence-electron chi connectivity index (χ1n) is 6.38. The third-order valence-corrected chi connectivity index (χ3v) is 3.72. The maximum absolute atomic E-state index is 12.3. The van der Waals surface area contributed by atoms with Gasteiger partial charge in [-0.15, -0.1) is 0 Å². The maximum atomic E-state index is 12.3. The zero-order valence-corrected chi connectivity index (χ0v) is 12.3. The molecule has 3 nitrogen and oxygen atoms in total. The summed E-state index contributed by atoms with van der Waals surface area (Å²) in [6.45, 7) is 5.95. The number of hydrogen-bond donors (Lipinski definition) is 1. The highest BCUT2D eigenvalue weighted by Crippen LogP contribution is 2.23. The van der Waals surface area contributed by atoms with Gasteiger partial charge in [0.25, 0.3) is 0 Å². The van der Waals surface area contributed by atoms with Gasteiger partial charge in [-0.2, -0.15) is 11.3 Å². The van der Waals surface area contributed by atoms with Gasteiger partial charge in [-0.3, -0.25) is 4.79 Å². The lowest BCUT2D eigenvalue weighted by Gasteiger charge is -2.14. The molecule has 0 aliphatic rings. The van der Waals surface area contributed by atoms with E-state index in [1.165, 1.54) is 0 Å². The zero-order chi connectivity index (χ0) is 13.8. The van der Waals surface area contributed by atoms with Crippen LogP contribution in [0.15, 0.2) is 29.0 Å². The fourth-order valence-electron chi connectivity index (χ4n) is 2.16. The van der Waals surface area contributed by atoms with Crippen LogP contribution in [0.1, 0.15) is 36.1 Å². The monoisotopic (exact) mass is 274 g/mol. The lowest BCUT2D eigenvalue weighted by Crippen LogP contribution is -2.21. The average molecular weight is 274 g/mol. The molecule has 1 N–H and O–H groups in total. The van der Waals surface area contributed by atoms with Crippen molar-refractivity contribution >= 4 is 23.1 Å². The summed E-state index contributed by atoms with van der Waals surface area (Å²) >= 11 is 1.62. The number of nitrogens with one attached hydrogen (secondary N) is 1. The predicted molar refractivity (Wildman–Crippen MR) is 79.7 cm³/mol. The molecular weight excluding hydrogens is 256 g/mol. The number of thiophene rings is 1. The summed E-state index contributed by atoms with van der Waals surface area (Å²) < 4.78 is 0. The van der Waals surface area contributed by atoms with Gasteiger partial charge in [-0.1, -0.05) is 6.92 Å². The van der Waals surface area contributed by atoms with Gasteiger partial charge in [-0.25, -0.2) is 4.98 Å². The van der Waals surface area contributed by atoms with Gasteiger partial charge in [0.2, 0.25) is 5.91 Å². The molecular formula is C15H18N2OS. The molecule has 0 aromatic carbocycles. The quantitative estimate of drug-likeness (QED) is 0.919. The van der Waals surface area contributed by atoms with E-state index in [9.17, 15) is 4.79 Å². The van der Waals surface area contributed by atoms with E-state index < -0.39 is 0 Å². The van der Waals surface area contributed by atoms with Crippen molar-refractivity contribution in [2.24, 2.45) is 0 Å². The molecule has 0 radical (unpaired) electrons. The van der Waals surface area contributed by atoms with Crippen LogP contribution < -0.4 is 5.32 Å². The Hall–Kier alpha value is -1.68. The second-order valence-corrected chi connectivity index (χ2v) is 5.46. The second kappa shape index (κ2) is 5.97. The van der Waals surface area contributed by atoms with Crippen molar-refractivity contribution in [1.82, 2.24) is 4.98 Å². The number of rotatable bonds is 4. The molecule has 4 heteroatoms. The fourth-order valence-corrected chi connectivity index (χ4v) is 2.88. The van der Waals surface area contributed by atoms with Crippen molar-refractivity contribution < 1.29 is 4.79 Å². The van der Waals surface area contributed by atoms with E-state index in [4.69, 9.17) is 0 Å². The molecule has 2 aromatic heterocycles. The first-order chi connectivity index (χ1) is 9.10. The highest BCUT2D eigenvalue weighted by molar-refractivity contribution is 7.08. The van der Waals surface area contributed by atoms with Gasteiger partial charge in [0.05, 0.1) is 5.92 Å². The fraction of sp³-hybridized carbons (Fsp3) is 0.333. The number of carbonyl (C=O) groups is 1. The van der Waals surface area contributed by atoms with E-state index in [-0.39, 0.29) is 11.8 Å². The van der Waals surface area contributed by atoms with Crippen LogP contribution >= 0.6 is 11.3 Å². The molecule has 2 aromatic rings. The average Bonchev–Trinajstić information content (AvgIpc) is 2.82. The molecule has 2 heterocycles. The summed E-state index contributed by atoms with van der Waals surface area (Å²) in [4.78, 5) is 16.7. The van der Waals surface area contributed by atoms with Gasteiger partial charge in [0.15, 0.2) is 0 Å². The van der Waals surface area contributed by atoms with Crippen LogP contribution in [0.3, 0.4) is 0 Å². The summed E-state index contributed by atoms with van der Waals surface area (Å²) in [5.41, 5.74) is 3.10. The SMILES string of the molecule is CCC(C(=O)Nc1cc(C)cc(C)n1)c1ccsc1. The van der Waals surface area contributed by atoms with Crippen molar-refractivity contribution in [3.63, 3.8) is 0 Å². The normalized spacial score (nSPS) is 12.2. The van der Waals surface area contributed by atoms with Crippen molar-refractivity contribution in [2.75, 3.05) is 5.32 Å². The Kier molecular flexibility index (Phi) is 4.32. The molecule has 100 valence electrons. The molecule has 0 fully saturated rings. The van der Waals surface area contributed by atoms with Crippen LogP contribution in [0.25, 0.3) is 0 Å². The first kappa shape index (κ1) is 13.7. The van der Waals surface area contributed by atoms with Crippen molar-refractivity contribution in [3.05, 3.63) is 45.8 Å². The Morgan fingerprint density at radius 3 is 2.79 bits per heavy atom. The third kappa shape index (κ3) is 3.41. The minimum Gasteiger partial charge on any atom is -0.310 e. The summed E-state index contributed by atoms with van der Waals surface area (Å²) in [5.74, 6) is 0.545. The summed E-state index contributed by atoms with van der Waals surface area (Å²) in [7, 11) is 0. The van der Waals surface area contributed by atoms with E-state index in [2.05, 4.69) is 10.3 Å². The highest BCUT2D eigenvalue weighted by atomic mass is 32.1. The lowest BCUT2D eigenvalue weighted by atomic mass is 9.98. The minimum absolute atomic E-state index is 0.0124. The van der Waals surface area contributed by atoms with Gasteiger partial charge < -0.3 is 5.32 Å². The Morgan fingerprint density at radius 2 is 2.21 bits per heavy atom. The van der Waals surface area contributed by atoms with Crippen molar-refractivity contribution in [3.8, 4) is 0 Å². The molecule has 19 heavy (non-hydrogen) atoms. The maximum Gasteiger partial charge on any atom is 0.233 e. The second-order valence-electron chi connectivity index (χ2n) is 4.68. The third-order valence-electron chi connectivity index (χ3n) is 3.02. The standard InChI is InChI=1S/C15H18N2OS/c1-4-13(12-5-6-19-9-12)15(18)17-14-8-10(2)7-11(3)16-14/h5-9,13H,4H2,1-3H3,(H,16,17,18). The van der Waals surface area contributed by atoms with E-state index in [0.29, 0.717) is 5.82 Å². The molecule has 0 saturated carbocycles. The van der Waals surface area contributed by atoms with Gasteiger partial charge >= 0.3 is 0 Å². The molecule has 1 atom stereocenters. The summed E-state index contributed by atoms with van der Waals surface area (Å²) in [6, 6.07) is 5.89. The molecule has 0 bridgehead atoms. The number of pyridine rings is 1. The van der Waals surface area contributed by atoms with Crippen LogP contribution in [0.5, 0.6) is 0 Å². The summed E-state index contributed by atoms with van der Waals surface area (Å²) in [6.07, 6.45) is 0.785. The largest absolute Gasteiger partial charge is 0.310 e. The molecule has 2 rings (SSSR count). The Labute approximate surface area is 117 Å². The molecule has 1 amide bonds. The number of aryl methyl sites for hydroxylation is 2. The minimum atomic E-state index is -0.103. The lowest BCUT2D eigenvalue weighted by molar-refractivity contribution is -0.117. The first-order valence-corrected chi connectivity index (χ1v) is 7.32. The van der Waals surface area contributed by atoms with Crippen LogP contribution in [0.4, 0.5) is 5.82 Å². The summed E-state index contributed by atoms with van der Waals surface area (Å²) in [5, 5.41) is 6.95. The molecule has 0 saturated heterocycles. The predicted octanol–water partition coefficient (Wildman–Crippen LogP) is 3.89. The van der Waals surface area contributed by atoms with E-state index in [1.54, 1.807) is 11.3 Å². The molecule has 0 spiro atoms.